The molecule has 122 valence electrons. The zero-order valence-corrected chi connectivity index (χ0v) is 14.5. The summed E-state index contributed by atoms with van der Waals surface area (Å²) in [6.07, 6.45) is 0.820. The molecular weight excluding hydrogens is 310 g/mol. The second-order valence-corrected chi connectivity index (χ2v) is 6.00. The highest BCUT2D eigenvalue weighted by Crippen LogP contribution is 2.23. The molecule has 0 saturated heterocycles. The lowest BCUT2D eigenvalue weighted by Crippen LogP contribution is -2.32. The van der Waals surface area contributed by atoms with Crippen LogP contribution in [0.3, 0.4) is 0 Å². The highest BCUT2D eigenvalue weighted by Gasteiger charge is 2.14. The van der Waals surface area contributed by atoms with Gasteiger partial charge in [0.1, 0.15) is 5.75 Å². The lowest BCUT2D eigenvalue weighted by atomic mass is 9.99. The lowest BCUT2D eigenvalue weighted by molar-refractivity contribution is -0.123. The molecule has 1 amide bonds. The molecule has 4 heteroatoms. The summed E-state index contributed by atoms with van der Waals surface area (Å²) in [6.45, 7) is 6.16. The molecule has 1 unspecified atom stereocenters. The number of para-hydroxylation sites is 1. The second-order valence-electron chi connectivity index (χ2n) is 5.59. The zero-order valence-electron chi connectivity index (χ0n) is 13.7. The smallest absolute Gasteiger partial charge is 0.258 e. The van der Waals surface area contributed by atoms with E-state index >= 15 is 0 Å². The van der Waals surface area contributed by atoms with Gasteiger partial charge in [-0.15, -0.1) is 0 Å². The molecule has 0 bridgehead atoms. The van der Waals surface area contributed by atoms with E-state index in [0.717, 1.165) is 12.0 Å². The Morgan fingerprint density at radius 3 is 2.57 bits per heavy atom. The van der Waals surface area contributed by atoms with Crippen LogP contribution in [-0.2, 0) is 4.79 Å². The van der Waals surface area contributed by atoms with Crippen LogP contribution in [0.5, 0.6) is 5.75 Å². The van der Waals surface area contributed by atoms with Crippen molar-refractivity contribution >= 4 is 17.5 Å². The number of aryl methyl sites for hydroxylation is 2. The van der Waals surface area contributed by atoms with Gasteiger partial charge in [-0.1, -0.05) is 48.9 Å². The summed E-state index contributed by atoms with van der Waals surface area (Å²) >= 11 is 6.01. The number of carbonyl (C=O) groups excluding carboxylic acids is 1. The minimum atomic E-state index is -0.157. The standard InChI is InChI=1S/C19H22ClNO2/c1-4-17(15-10-9-13(2)14(3)11-15)21-19(22)12-23-18-8-6-5-7-16(18)20/h5-11,17H,4,12H2,1-3H3,(H,21,22). The van der Waals surface area contributed by atoms with Crippen LogP contribution in [0.4, 0.5) is 0 Å². The molecule has 3 nitrogen and oxygen atoms in total. The van der Waals surface area contributed by atoms with Gasteiger partial charge in [0, 0.05) is 0 Å². The van der Waals surface area contributed by atoms with E-state index in [2.05, 4.69) is 44.3 Å². The summed E-state index contributed by atoms with van der Waals surface area (Å²) in [4.78, 5) is 12.1. The van der Waals surface area contributed by atoms with Crippen LogP contribution in [0, 0.1) is 13.8 Å². The normalized spacial score (nSPS) is 11.8. The van der Waals surface area contributed by atoms with Crippen LogP contribution in [0.15, 0.2) is 42.5 Å². The Hall–Kier alpha value is -2.00. The molecule has 0 heterocycles. The third-order valence-corrected chi connectivity index (χ3v) is 4.18. The zero-order chi connectivity index (χ0) is 16.8. The Morgan fingerprint density at radius 1 is 1.17 bits per heavy atom. The number of halogens is 1. The Labute approximate surface area is 142 Å². The molecule has 2 rings (SSSR count). The molecule has 0 aliphatic rings. The van der Waals surface area contributed by atoms with E-state index in [-0.39, 0.29) is 18.6 Å². The van der Waals surface area contributed by atoms with Crippen molar-refractivity contribution in [3.63, 3.8) is 0 Å². The SMILES string of the molecule is CCC(NC(=O)COc1ccccc1Cl)c1ccc(C)c(C)c1. The van der Waals surface area contributed by atoms with Crippen molar-refractivity contribution < 1.29 is 9.53 Å². The van der Waals surface area contributed by atoms with Crippen LogP contribution in [0.1, 0.15) is 36.1 Å². The predicted octanol–water partition coefficient (Wildman–Crippen LogP) is 4.60. The number of carbonyl (C=O) groups is 1. The topological polar surface area (TPSA) is 38.3 Å². The van der Waals surface area contributed by atoms with Gasteiger partial charge >= 0.3 is 0 Å². The average Bonchev–Trinajstić information content (AvgIpc) is 2.54. The number of rotatable bonds is 6. The van der Waals surface area contributed by atoms with Crippen molar-refractivity contribution in [2.24, 2.45) is 0 Å². The van der Waals surface area contributed by atoms with Gasteiger partial charge in [0.15, 0.2) is 6.61 Å². The van der Waals surface area contributed by atoms with Crippen LogP contribution >= 0.6 is 11.6 Å². The molecule has 0 radical (unpaired) electrons. The molecule has 0 aliphatic carbocycles. The van der Waals surface area contributed by atoms with Crippen molar-refractivity contribution in [2.45, 2.75) is 33.2 Å². The number of nitrogens with one attached hydrogen (secondary N) is 1. The van der Waals surface area contributed by atoms with Crippen LogP contribution in [0.25, 0.3) is 0 Å². The Morgan fingerprint density at radius 2 is 1.91 bits per heavy atom. The summed E-state index contributed by atoms with van der Waals surface area (Å²) < 4.78 is 5.48. The van der Waals surface area contributed by atoms with Crippen molar-refractivity contribution in [3.05, 3.63) is 64.2 Å². The van der Waals surface area contributed by atoms with Crippen LogP contribution in [0.2, 0.25) is 5.02 Å². The van der Waals surface area contributed by atoms with E-state index < -0.39 is 0 Å². The maximum absolute atomic E-state index is 12.1. The first-order chi connectivity index (χ1) is 11.0. The highest BCUT2D eigenvalue weighted by atomic mass is 35.5. The molecule has 0 fully saturated rings. The third-order valence-electron chi connectivity index (χ3n) is 3.87. The molecular formula is C19H22ClNO2. The Balaban J connectivity index is 1.97. The van der Waals surface area contributed by atoms with E-state index in [4.69, 9.17) is 16.3 Å². The second kappa shape index (κ2) is 8.02. The van der Waals surface area contributed by atoms with Gasteiger partial charge in [-0.2, -0.15) is 0 Å². The van der Waals surface area contributed by atoms with Crippen molar-refractivity contribution in [1.82, 2.24) is 5.32 Å². The van der Waals surface area contributed by atoms with Gasteiger partial charge in [0.25, 0.3) is 5.91 Å². The van der Waals surface area contributed by atoms with E-state index in [1.54, 1.807) is 12.1 Å². The summed E-state index contributed by atoms with van der Waals surface area (Å²) in [6, 6.07) is 13.4. The van der Waals surface area contributed by atoms with Crippen molar-refractivity contribution in [1.29, 1.82) is 0 Å². The van der Waals surface area contributed by atoms with Gasteiger partial charge < -0.3 is 10.1 Å². The first-order valence-corrected chi connectivity index (χ1v) is 8.13. The van der Waals surface area contributed by atoms with E-state index in [1.807, 2.05) is 12.1 Å². The Kier molecular flexibility index (Phi) is 6.05. The molecule has 0 spiro atoms. The summed E-state index contributed by atoms with van der Waals surface area (Å²) in [5.74, 6) is 0.360. The summed E-state index contributed by atoms with van der Waals surface area (Å²) in [5, 5.41) is 3.51. The highest BCUT2D eigenvalue weighted by molar-refractivity contribution is 6.32. The lowest BCUT2D eigenvalue weighted by Gasteiger charge is -2.19. The molecule has 0 saturated carbocycles. The number of benzene rings is 2. The molecule has 23 heavy (non-hydrogen) atoms. The summed E-state index contributed by atoms with van der Waals surface area (Å²) in [5.41, 5.74) is 3.58. The van der Waals surface area contributed by atoms with Gasteiger partial charge in [-0.25, -0.2) is 0 Å². The van der Waals surface area contributed by atoms with Crippen LogP contribution in [-0.4, -0.2) is 12.5 Å². The minimum absolute atomic E-state index is 0.0170. The fraction of sp³-hybridized carbons (Fsp3) is 0.316. The largest absolute Gasteiger partial charge is 0.482 e. The number of amides is 1. The van der Waals surface area contributed by atoms with Gasteiger partial charge in [0.2, 0.25) is 0 Å². The molecule has 1 atom stereocenters. The molecule has 2 aromatic carbocycles. The molecule has 0 aromatic heterocycles. The third kappa shape index (κ3) is 4.73. The van der Waals surface area contributed by atoms with Gasteiger partial charge in [-0.3, -0.25) is 4.79 Å². The van der Waals surface area contributed by atoms with Crippen LogP contribution < -0.4 is 10.1 Å². The van der Waals surface area contributed by atoms with E-state index in [9.17, 15) is 4.79 Å². The monoisotopic (exact) mass is 331 g/mol. The Bertz CT molecular complexity index is 685. The minimum Gasteiger partial charge on any atom is -0.482 e. The number of hydrogen-bond donors (Lipinski definition) is 1. The fourth-order valence-corrected chi connectivity index (χ4v) is 2.53. The van der Waals surface area contributed by atoms with Gasteiger partial charge in [0.05, 0.1) is 11.1 Å². The number of ether oxygens (including phenoxy) is 1. The van der Waals surface area contributed by atoms with E-state index in [1.165, 1.54) is 11.1 Å². The molecule has 0 aliphatic heterocycles. The fourth-order valence-electron chi connectivity index (χ4n) is 2.34. The molecule has 2 aromatic rings. The maximum atomic E-state index is 12.1. The average molecular weight is 332 g/mol. The quantitative estimate of drug-likeness (QED) is 0.839. The van der Waals surface area contributed by atoms with Crippen molar-refractivity contribution in [2.75, 3.05) is 6.61 Å². The van der Waals surface area contributed by atoms with Gasteiger partial charge in [-0.05, 0) is 49.1 Å². The maximum Gasteiger partial charge on any atom is 0.258 e. The first kappa shape index (κ1) is 17.4. The van der Waals surface area contributed by atoms with E-state index in [0.29, 0.717) is 10.8 Å². The molecule has 1 N–H and O–H groups in total. The predicted molar refractivity (Wildman–Crippen MR) is 94.0 cm³/mol. The summed E-state index contributed by atoms with van der Waals surface area (Å²) in [7, 11) is 0. The van der Waals surface area contributed by atoms with Crippen molar-refractivity contribution in [3.8, 4) is 5.75 Å². The number of hydrogen-bond acceptors (Lipinski definition) is 2. The first-order valence-electron chi connectivity index (χ1n) is 7.75.